The van der Waals surface area contributed by atoms with Crippen molar-refractivity contribution in [2.45, 2.75) is 39.2 Å². The molecule has 0 bridgehead atoms. The second kappa shape index (κ2) is 6.92. The van der Waals surface area contributed by atoms with Crippen molar-refractivity contribution in [2.24, 2.45) is 5.73 Å². The molecule has 2 N–H and O–H groups in total. The molecular weight excluding hydrogens is 236 g/mol. The van der Waals surface area contributed by atoms with Crippen LogP contribution in [-0.2, 0) is 11.2 Å². The van der Waals surface area contributed by atoms with Gasteiger partial charge in [-0.05, 0) is 44.7 Å². The highest BCUT2D eigenvalue weighted by Crippen LogP contribution is 2.28. The Morgan fingerprint density at radius 1 is 1.42 bits per heavy atom. The number of rotatable bonds is 6. The third-order valence-electron chi connectivity index (χ3n) is 3.84. The van der Waals surface area contributed by atoms with E-state index in [0.717, 1.165) is 26.1 Å². The minimum absolute atomic E-state index is 0.195. The third kappa shape index (κ3) is 3.71. The van der Waals surface area contributed by atoms with Crippen LogP contribution in [0.15, 0.2) is 18.2 Å². The molecule has 1 unspecified atom stereocenters. The molecule has 0 aromatic heterocycles. The van der Waals surface area contributed by atoms with E-state index in [4.69, 9.17) is 10.5 Å². The molecule has 0 spiro atoms. The summed E-state index contributed by atoms with van der Waals surface area (Å²) in [7, 11) is 0. The largest absolute Gasteiger partial charge is 0.377 e. The molecule has 1 heterocycles. The molecule has 0 fully saturated rings. The van der Waals surface area contributed by atoms with Gasteiger partial charge in [0.1, 0.15) is 0 Å². The molecule has 19 heavy (non-hydrogen) atoms. The lowest BCUT2D eigenvalue weighted by molar-refractivity contribution is 0.0643. The van der Waals surface area contributed by atoms with Crippen LogP contribution >= 0.6 is 0 Å². The predicted octanol–water partition coefficient (Wildman–Crippen LogP) is 2.50. The molecule has 1 aromatic rings. The van der Waals surface area contributed by atoms with Crippen molar-refractivity contribution in [1.29, 1.82) is 0 Å². The van der Waals surface area contributed by atoms with Crippen molar-refractivity contribution in [3.63, 3.8) is 0 Å². The summed E-state index contributed by atoms with van der Waals surface area (Å²) in [5, 5.41) is 0. The van der Waals surface area contributed by atoms with Gasteiger partial charge in [0, 0.05) is 31.9 Å². The van der Waals surface area contributed by atoms with E-state index < -0.39 is 0 Å². The minimum Gasteiger partial charge on any atom is -0.377 e. The van der Waals surface area contributed by atoms with Crippen LogP contribution in [0.2, 0.25) is 0 Å². The topological polar surface area (TPSA) is 38.5 Å². The lowest BCUT2D eigenvalue weighted by Gasteiger charge is -2.32. The number of nitrogens with two attached hydrogens (primary N) is 1. The molecule has 3 heteroatoms. The van der Waals surface area contributed by atoms with Crippen LogP contribution in [-0.4, -0.2) is 32.3 Å². The Balaban J connectivity index is 1.99. The summed E-state index contributed by atoms with van der Waals surface area (Å²) in [6, 6.07) is 6.80. The van der Waals surface area contributed by atoms with E-state index in [2.05, 4.69) is 30.0 Å². The van der Waals surface area contributed by atoms with Crippen LogP contribution in [0.5, 0.6) is 0 Å². The lowest BCUT2D eigenvalue weighted by atomic mass is 9.99. The van der Waals surface area contributed by atoms with Gasteiger partial charge in [-0.25, -0.2) is 0 Å². The van der Waals surface area contributed by atoms with Crippen LogP contribution in [0, 0.1) is 6.92 Å². The van der Waals surface area contributed by atoms with Gasteiger partial charge in [-0.3, -0.25) is 0 Å². The molecule has 0 aliphatic carbocycles. The highest BCUT2D eigenvalue weighted by molar-refractivity contribution is 5.56. The number of ether oxygens (including phenoxy) is 1. The molecule has 1 atom stereocenters. The average molecular weight is 262 g/mol. The van der Waals surface area contributed by atoms with Crippen molar-refractivity contribution < 1.29 is 4.74 Å². The normalized spacial score (nSPS) is 16.3. The van der Waals surface area contributed by atoms with Gasteiger partial charge < -0.3 is 15.4 Å². The lowest BCUT2D eigenvalue weighted by Crippen LogP contribution is -2.34. The first-order chi connectivity index (χ1) is 9.24. The van der Waals surface area contributed by atoms with Crippen LogP contribution in [0.4, 0.5) is 5.69 Å². The van der Waals surface area contributed by atoms with Crippen LogP contribution < -0.4 is 10.6 Å². The number of anilines is 1. The Morgan fingerprint density at radius 3 is 3.00 bits per heavy atom. The summed E-state index contributed by atoms with van der Waals surface area (Å²) < 4.78 is 5.64. The van der Waals surface area contributed by atoms with Crippen LogP contribution in [0.25, 0.3) is 0 Å². The van der Waals surface area contributed by atoms with Crippen molar-refractivity contribution >= 4 is 5.69 Å². The molecule has 0 amide bonds. The quantitative estimate of drug-likeness (QED) is 0.856. The van der Waals surface area contributed by atoms with E-state index in [1.54, 1.807) is 0 Å². The minimum atomic E-state index is 0.195. The van der Waals surface area contributed by atoms with Crippen LogP contribution in [0.1, 0.15) is 30.9 Å². The van der Waals surface area contributed by atoms with E-state index >= 15 is 0 Å². The molecule has 1 aliphatic heterocycles. The van der Waals surface area contributed by atoms with E-state index in [0.29, 0.717) is 6.54 Å². The maximum Gasteiger partial charge on any atom is 0.0713 e. The van der Waals surface area contributed by atoms with Gasteiger partial charge in [0.25, 0.3) is 0 Å². The number of benzene rings is 1. The smallest absolute Gasteiger partial charge is 0.0713 e. The highest BCUT2D eigenvalue weighted by Gasteiger charge is 2.17. The van der Waals surface area contributed by atoms with Gasteiger partial charge in [-0.2, -0.15) is 0 Å². The number of fused-ring (bicyclic) bond motifs is 1. The second-order valence-electron chi connectivity index (χ2n) is 5.32. The third-order valence-corrected chi connectivity index (χ3v) is 3.84. The zero-order valence-corrected chi connectivity index (χ0v) is 12.2. The molecule has 0 saturated carbocycles. The van der Waals surface area contributed by atoms with E-state index in [1.165, 1.54) is 29.7 Å². The standard InChI is InChI=1S/C16H26N2O/c1-3-19-15(12-17)8-10-18-9-4-5-14-11-13(2)6-7-16(14)18/h6-7,11,15H,3-5,8-10,12,17H2,1-2H3. The molecule has 3 nitrogen and oxygen atoms in total. The Kier molecular flexibility index (Phi) is 5.23. The Bertz CT molecular complexity index is 406. The highest BCUT2D eigenvalue weighted by atomic mass is 16.5. The summed E-state index contributed by atoms with van der Waals surface area (Å²) in [6.45, 7) is 7.75. The van der Waals surface area contributed by atoms with Crippen molar-refractivity contribution in [3.05, 3.63) is 29.3 Å². The van der Waals surface area contributed by atoms with Gasteiger partial charge >= 0.3 is 0 Å². The Labute approximate surface area is 116 Å². The van der Waals surface area contributed by atoms with Gasteiger partial charge in [-0.1, -0.05) is 17.7 Å². The van der Waals surface area contributed by atoms with E-state index in [9.17, 15) is 0 Å². The molecule has 0 saturated heterocycles. The SMILES string of the molecule is CCOC(CN)CCN1CCCc2cc(C)ccc21. The molecular formula is C16H26N2O. The van der Waals surface area contributed by atoms with E-state index in [-0.39, 0.29) is 6.10 Å². The fourth-order valence-corrected chi connectivity index (χ4v) is 2.84. The van der Waals surface area contributed by atoms with Gasteiger partial charge in [0.2, 0.25) is 0 Å². The molecule has 106 valence electrons. The average Bonchev–Trinajstić information content (AvgIpc) is 2.43. The zero-order valence-electron chi connectivity index (χ0n) is 12.2. The molecule has 2 rings (SSSR count). The van der Waals surface area contributed by atoms with E-state index in [1.807, 2.05) is 6.92 Å². The van der Waals surface area contributed by atoms with Crippen molar-refractivity contribution in [3.8, 4) is 0 Å². The zero-order chi connectivity index (χ0) is 13.7. The Hall–Kier alpha value is -1.06. The van der Waals surface area contributed by atoms with Gasteiger partial charge in [-0.15, -0.1) is 0 Å². The van der Waals surface area contributed by atoms with Crippen LogP contribution in [0.3, 0.4) is 0 Å². The fourth-order valence-electron chi connectivity index (χ4n) is 2.84. The Morgan fingerprint density at radius 2 is 2.26 bits per heavy atom. The molecule has 0 radical (unpaired) electrons. The van der Waals surface area contributed by atoms with Crippen molar-refractivity contribution in [2.75, 3.05) is 31.1 Å². The number of nitrogens with zero attached hydrogens (tertiary/aromatic N) is 1. The number of aryl methyl sites for hydroxylation is 2. The number of hydrogen-bond acceptors (Lipinski definition) is 3. The summed E-state index contributed by atoms with van der Waals surface area (Å²) in [6.07, 6.45) is 3.66. The van der Waals surface area contributed by atoms with Gasteiger partial charge in [0.15, 0.2) is 0 Å². The predicted molar refractivity (Wildman–Crippen MR) is 80.8 cm³/mol. The maximum absolute atomic E-state index is 5.75. The van der Waals surface area contributed by atoms with Gasteiger partial charge in [0.05, 0.1) is 6.10 Å². The summed E-state index contributed by atoms with van der Waals surface area (Å²) in [5.41, 5.74) is 10.0. The summed E-state index contributed by atoms with van der Waals surface area (Å²) in [5.74, 6) is 0. The first-order valence-electron chi connectivity index (χ1n) is 7.40. The van der Waals surface area contributed by atoms with Crippen molar-refractivity contribution in [1.82, 2.24) is 0 Å². The monoisotopic (exact) mass is 262 g/mol. The first-order valence-corrected chi connectivity index (χ1v) is 7.40. The fraction of sp³-hybridized carbons (Fsp3) is 0.625. The number of hydrogen-bond donors (Lipinski definition) is 1. The molecule has 1 aromatic carbocycles. The first kappa shape index (κ1) is 14.4. The molecule has 1 aliphatic rings. The second-order valence-corrected chi connectivity index (χ2v) is 5.32. The maximum atomic E-state index is 5.75. The summed E-state index contributed by atoms with van der Waals surface area (Å²) in [4.78, 5) is 2.49. The summed E-state index contributed by atoms with van der Waals surface area (Å²) >= 11 is 0.